The minimum atomic E-state index is -0.184. The van der Waals surface area contributed by atoms with Crippen molar-refractivity contribution in [2.45, 2.75) is 122 Å². The van der Waals surface area contributed by atoms with E-state index in [-0.39, 0.29) is 18.0 Å². The van der Waals surface area contributed by atoms with Crippen molar-refractivity contribution in [1.29, 1.82) is 0 Å². The second-order valence-electron chi connectivity index (χ2n) is 9.70. The highest BCUT2D eigenvalue weighted by Crippen LogP contribution is 2.16. The quantitative estimate of drug-likeness (QED) is 0.230. The van der Waals surface area contributed by atoms with Gasteiger partial charge in [0.1, 0.15) is 6.10 Å². The number of ether oxygens (including phenoxy) is 1. The SMILES string of the molecule is CCCCCCCCCCCCC(=O)OC(CN1CCCCCC1)CN1CCCC1=O. The number of esters is 1. The lowest BCUT2D eigenvalue weighted by Gasteiger charge is -2.29. The predicted octanol–water partition coefficient (Wildman–Crippen LogP) is 5.71. The van der Waals surface area contributed by atoms with Crippen LogP contribution in [0.15, 0.2) is 0 Å². The van der Waals surface area contributed by atoms with Gasteiger partial charge in [-0.1, -0.05) is 77.6 Å². The van der Waals surface area contributed by atoms with Crippen LogP contribution in [-0.4, -0.2) is 60.5 Å². The molecule has 0 bridgehead atoms. The van der Waals surface area contributed by atoms with Crippen molar-refractivity contribution in [1.82, 2.24) is 9.80 Å². The number of hydrogen-bond acceptors (Lipinski definition) is 4. The predicted molar refractivity (Wildman–Crippen MR) is 127 cm³/mol. The molecule has 2 aliphatic heterocycles. The molecule has 0 radical (unpaired) electrons. The number of hydrogen-bond donors (Lipinski definition) is 0. The molecule has 2 fully saturated rings. The maximum absolute atomic E-state index is 12.5. The number of amides is 1. The summed E-state index contributed by atoms with van der Waals surface area (Å²) in [6.45, 7) is 6.58. The molecule has 0 spiro atoms. The summed E-state index contributed by atoms with van der Waals surface area (Å²) in [5.74, 6) is 0.137. The number of likely N-dealkylation sites (tertiary alicyclic amines) is 2. The van der Waals surface area contributed by atoms with Crippen molar-refractivity contribution in [3.63, 3.8) is 0 Å². The zero-order chi connectivity index (χ0) is 22.2. The maximum Gasteiger partial charge on any atom is 0.306 e. The summed E-state index contributed by atoms with van der Waals surface area (Å²) in [6, 6.07) is 0. The minimum absolute atomic E-state index is 0.0777. The van der Waals surface area contributed by atoms with E-state index in [9.17, 15) is 9.59 Å². The normalized spacial score (nSPS) is 18.9. The molecule has 0 saturated carbocycles. The second-order valence-corrected chi connectivity index (χ2v) is 9.70. The average Bonchev–Trinajstić information content (AvgIpc) is 2.99. The maximum atomic E-state index is 12.5. The molecule has 1 amide bonds. The fraction of sp³-hybridized carbons (Fsp3) is 0.923. The Morgan fingerprint density at radius 1 is 0.806 bits per heavy atom. The van der Waals surface area contributed by atoms with E-state index < -0.39 is 0 Å². The molecule has 31 heavy (non-hydrogen) atoms. The molecule has 1 unspecified atom stereocenters. The molecule has 0 N–H and O–H groups in total. The summed E-state index contributed by atoms with van der Waals surface area (Å²) in [5, 5.41) is 0. The molecule has 0 aromatic carbocycles. The van der Waals surface area contributed by atoms with Gasteiger partial charge in [-0.25, -0.2) is 0 Å². The van der Waals surface area contributed by atoms with Crippen molar-refractivity contribution in [2.75, 3.05) is 32.7 Å². The van der Waals surface area contributed by atoms with E-state index >= 15 is 0 Å². The van der Waals surface area contributed by atoms with E-state index in [0.29, 0.717) is 19.4 Å². The van der Waals surface area contributed by atoms with Crippen LogP contribution in [0.3, 0.4) is 0 Å². The van der Waals surface area contributed by atoms with E-state index in [1.807, 2.05) is 4.90 Å². The van der Waals surface area contributed by atoms with Gasteiger partial charge >= 0.3 is 5.97 Å². The summed E-state index contributed by atoms with van der Waals surface area (Å²) in [5.41, 5.74) is 0. The van der Waals surface area contributed by atoms with Gasteiger partial charge in [0.15, 0.2) is 0 Å². The topological polar surface area (TPSA) is 49.9 Å². The molecule has 2 aliphatic rings. The molecule has 2 heterocycles. The second kappa shape index (κ2) is 16.5. The van der Waals surface area contributed by atoms with Crippen LogP contribution in [0.1, 0.15) is 116 Å². The Hall–Kier alpha value is -1.10. The highest BCUT2D eigenvalue weighted by Gasteiger charge is 2.27. The minimum Gasteiger partial charge on any atom is -0.459 e. The Bertz CT molecular complexity index is 489. The van der Waals surface area contributed by atoms with Gasteiger partial charge in [-0.05, 0) is 38.8 Å². The highest BCUT2D eigenvalue weighted by molar-refractivity contribution is 5.78. The fourth-order valence-corrected chi connectivity index (χ4v) is 4.88. The van der Waals surface area contributed by atoms with E-state index in [2.05, 4.69) is 11.8 Å². The van der Waals surface area contributed by atoms with Crippen LogP contribution in [0.4, 0.5) is 0 Å². The Kier molecular flexibility index (Phi) is 13.9. The number of unbranched alkanes of at least 4 members (excludes halogenated alkanes) is 9. The van der Waals surface area contributed by atoms with Gasteiger partial charge in [-0.15, -0.1) is 0 Å². The molecule has 2 saturated heterocycles. The molecule has 0 aliphatic carbocycles. The molecule has 5 nitrogen and oxygen atoms in total. The monoisotopic (exact) mass is 436 g/mol. The van der Waals surface area contributed by atoms with Crippen molar-refractivity contribution >= 4 is 11.9 Å². The highest BCUT2D eigenvalue weighted by atomic mass is 16.5. The largest absolute Gasteiger partial charge is 0.459 e. The number of carbonyl (C=O) groups excluding carboxylic acids is 2. The van der Waals surface area contributed by atoms with Crippen LogP contribution in [0, 0.1) is 0 Å². The summed E-state index contributed by atoms with van der Waals surface area (Å²) in [4.78, 5) is 28.9. The first-order valence-corrected chi connectivity index (χ1v) is 13.4. The Morgan fingerprint density at radius 2 is 1.42 bits per heavy atom. The molecular weight excluding hydrogens is 388 g/mol. The van der Waals surface area contributed by atoms with Crippen LogP contribution in [0.5, 0.6) is 0 Å². The lowest BCUT2D eigenvalue weighted by molar-refractivity contribution is -0.152. The Labute approximate surface area is 191 Å². The van der Waals surface area contributed by atoms with E-state index in [1.165, 1.54) is 77.0 Å². The summed E-state index contributed by atoms with van der Waals surface area (Å²) in [7, 11) is 0. The van der Waals surface area contributed by atoms with Crippen molar-refractivity contribution in [2.24, 2.45) is 0 Å². The Morgan fingerprint density at radius 3 is 2.00 bits per heavy atom. The number of carbonyl (C=O) groups is 2. The standard InChI is InChI=1S/C26H48N2O3/c1-2-3-4-5-6-7-8-9-10-13-18-26(30)31-24(23-28-21-16-17-25(28)29)22-27-19-14-11-12-15-20-27/h24H,2-23H2,1H3. The van der Waals surface area contributed by atoms with Crippen molar-refractivity contribution in [3.05, 3.63) is 0 Å². The van der Waals surface area contributed by atoms with Crippen LogP contribution >= 0.6 is 0 Å². The van der Waals surface area contributed by atoms with E-state index in [4.69, 9.17) is 4.74 Å². The Balaban J connectivity index is 1.63. The average molecular weight is 437 g/mol. The third-order valence-electron chi connectivity index (χ3n) is 6.79. The van der Waals surface area contributed by atoms with Gasteiger partial charge in [0.05, 0.1) is 6.54 Å². The van der Waals surface area contributed by atoms with Gasteiger partial charge in [0, 0.05) is 25.9 Å². The fourth-order valence-electron chi connectivity index (χ4n) is 4.88. The first-order valence-electron chi connectivity index (χ1n) is 13.4. The van der Waals surface area contributed by atoms with Gasteiger partial charge < -0.3 is 9.64 Å². The van der Waals surface area contributed by atoms with Crippen LogP contribution in [-0.2, 0) is 14.3 Å². The summed E-state index contributed by atoms with van der Waals surface area (Å²) in [6.07, 6.45) is 19.6. The molecule has 0 aromatic heterocycles. The molecule has 1 atom stereocenters. The van der Waals surface area contributed by atoms with Crippen LogP contribution < -0.4 is 0 Å². The van der Waals surface area contributed by atoms with E-state index in [0.717, 1.165) is 45.4 Å². The third-order valence-corrected chi connectivity index (χ3v) is 6.79. The van der Waals surface area contributed by atoms with Gasteiger partial charge in [-0.2, -0.15) is 0 Å². The zero-order valence-corrected chi connectivity index (χ0v) is 20.3. The van der Waals surface area contributed by atoms with Crippen molar-refractivity contribution < 1.29 is 14.3 Å². The van der Waals surface area contributed by atoms with Gasteiger partial charge in [0.25, 0.3) is 0 Å². The van der Waals surface area contributed by atoms with E-state index in [1.54, 1.807) is 0 Å². The summed E-state index contributed by atoms with van der Waals surface area (Å²) < 4.78 is 5.91. The first-order chi connectivity index (χ1) is 15.2. The first kappa shape index (κ1) is 26.2. The van der Waals surface area contributed by atoms with Crippen molar-refractivity contribution in [3.8, 4) is 0 Å². The molecule has 180 valence electrons. The summed E-state index contributed by atoms with van der Waals surface area (Å²) >= 11 is 0. The lowest BCUT2D eigenvalue weighted by atomic mass is 10.1. The lowest BCUT2D eigenvalue weighted by Crippen LogP contribution is -2.43. The molecule has 2 rings (SSSR count). The van der Waals surface area contributed by atoms with Crippen LogP contribution in [0.25, 0.3) is 0 Å². The van der Waals surface area contributed by atoms with Gasteiger partial charge in [0.2, 0.25) is 5.91 Å². The zero-order valence-electron chi connectivity index (χ0n) is 20.3. The third kappa shape index (κ3) is 11.9. The molecule has 5 heteroatoms. The molecule has 0 aromatic rings. The number of rotatable bonds is 16. The van der Waals surface area contributed by atoms with Gasteiger partial charge in [-0.3, -0.25) is 14.5 Å². The smallest absolute Gasteiger partial charge is 0.306 e. The number of nitrogens with zero attached hydrogens (tertiary/aromatic N) is 2. The van der Waals surface area contributed by atoms with Crippen LogP contribution in [0.2, 0.25) is 0 Å². The molecular formula is C26H48N2O3.